The highest BCUT2D eigenvalue weighted by Crippen LogP contribution is 2.25. The summed E-state index contributed by atoms with van der Waals surface area (Å²) < 4.78 is 40.9. The van der Waals surface area contributed by atoms with Crippen LogP contribution in [-0.4, -0.2) is 24.7 Å². The first-order chi connectivity index (χ1) is 6.51. The van der Waals surface area contributed by atoms with Crippen LogP contribution >= 0.6 is 0 Å². The largest absolute Gasteiger partial charge is 0.475 e. The number of alkyl halides is 3. The second-order valence-corrected chi connectivity index (χ2v) is 3.40. The van der Waals surface area contributed by atoms with E-state index in [0.717, 1.165) is 12.8 Å². The molecule has 1 aliphatic rings. The normalized spacial score (nSPS) is 22.0. The molecular formula is C9H14F3NO. The van der Waals surface area contributed by atoms with Crippen LogP contribution in [0.4, 0.5) is 13.2 Å². The number of hydrogen-bond acceptors (Lipinski definition) is 2. The molecule has 0 aromatic rings. The van der Waals surface area contributed by atoms with Crippen LogP contribution in [0.1, 0.15) is 32.6 Å². The van der Waals surface area contributed by atoms with E-state index < -0.39 is 18.7 Å². The molecule has 0 N–H and O–H groups in total. The summed E-state index contributed by atoms with van der Waals surface area (Å²) in [5.74, 6) is 0.487. The fraction of sp³-hybridized carbons (Fsp3) is 0.889. The highest BCUT2D eigenvalue weighted by Gasteiger charge is 2.35. The molecule has 0 spiro atoms. The summed E-state index contributed by atoms with van der Waals surface area (Å²) in [6.07, 6.45) is -3.27. The molecule has 0 radical (unpaired) electrons. The average Bonchev–Trinajstić information content (AvgIpc) is 2.46. The Morgan fingerprint density at radius 1 is 1.50 bits per heavy atom. The lowest BCUT2D eigenvalue weighted by Crippen LogP contribution is -2.22. The number of unbranched alkanes of at least 4 members (excludes halogenated alkanes) is 1. The van der Waals surface area contributed by atoms with E-state index in [1.807, 2.05) is 6.92 Å². The summed E-state index contributed by atoms with van der Waals surface area (Å²) in [5.41, 5.74) is 0. The predicted octanol–water partition coefficient (Wildman–Crippen LogP) is 2.93. The van der Waals surface area contributed by atoms with Crippen LogP contribution in [0.3, 0.4) is 0 Å². The van der Waals surface area contributed by atoms with E-state index in [2.05, 4.69) is 4.99 Å². The summed E-state index contributed by atoms with van der Waals surface area (Å²) in [5, 5.41) is 0. The van der Waals surface area contributed by atoms with Crippen LogP contribution in [0.25, 0.3) is 0 Å². The fourth-order valence-electron chi connectivity index (χ4n) is 1.30. The van der Waals surface area contributed by atoms with Gasteiger partial charge in [-0.15, -0.1) is 0 Å². The summed E-state index contributed by atoms with van der Waals surface area (Å²) in [4.78, 5) is 3.93. The van der Waals surface area contributed by atoms with E-state index in [0.29, 0.717) is 12.3 Å². The van der Waals surface area contributed by atoms with Crippen LogP contribution in [0.5, 0.6) is 0 Å². The van der Waals surface area contributed by atoms with Crippen molar-refractivity contribution in [1.82, 2.24) is 0 Å². The molecule has 0 amide bonds. The van der Waals surface area contributed by atoms with Crippen molar-refractivity contribution in [2.45, 2.75) is 44.9 Å². The van der Waals surface area contributed by atoms with E-state index >= 15 is 0 Å². The molecule has 0 aromatic heterocycles. The molecular weight excluding hydrogens is 195 g/mol. The highest BCUT2D eigenvalue weighted by atomic mass is 19.4. The Balaban J connectivity index is 2.25. The van der Waals surface area contributed by atoms with Gasteiger partial charge in [-0.25, -0.2) is 0 Å². The fourth-order valence-corrected chi connectivity index (χ4v) is 1.30. The first-order valence-electron chi connectivity index (χ1n) is 4.78. The average molecular weight is 209 g/mol. The molecule has 0 bridgehead atoms. The monoisotopic (exact) mass is 209 g/mol. The minimum atomic E-state index is -4.15. The van der Waals surface area contributed by atoms with E-state index in [1.54, 1.807) is 0 Å². The molecule has 0 aromatic carbocycles. The van der Waals surface area contributed by atoms with Gasteiger partial charge in [0.05, 0.1) is 13.0 Å². The Bertz CT molecular complexity index is 213. The highest BCUT2D eigenvalue weighted by molar-refractivity contribution is 5.77. The van der Waals surface area contributed by atoms with E-state index in [4.69, 9.17) is 4.74 Å². The number of hydrogen-bond donors (Lipinski definition) is 0. The topological polar surface area (TPSA) is 21.6 Å². The maximum atomic E-state index is 12.0. The molecule has 2 nitrogen and oxygen atoms in total. The molecule has 1 heterocycles. The van der Waals surface area contributed by atoms with Gasteiger partial charge in [-0.3, -0.25) is 4.99 Å². The quantitative estimate of drug-likeness (QED) is 0.697. The zero-order chi connectivity index (χ0) is 10.6. The molecule has 0 saturated carbocycles. The number of aliphatic imine (C=N–C) groups is 1. The Morgan fingerprint density at radius 3 is 2.79 bits per heavy atom. The van der Waals surface area contributed by atoms with Crippen LogP contribution in [0.15, 0.2) is 4.99 Å². The van der Waals surface area contributed by atoms with Crippen LogP contribution in [0, 0.1) is 0 Å². The Hall–Kier alpha value is -0.740. The van der Waals surface area contributed by atoms with Gasteiger partial charge in [0, 0.05) is 6.42 Å². The molecule has 14 heavy (non-hydrogen) atoms. The predicted molar refractivity (Wildman–Crippen MR) is 47.4 cm³/mol. The van der Waals surface area contributed by atoms with E-state index in [-0.39, 0.29) is 6.54 Å². The molecule has 0 fully saturated rings. The molecule has 82 valence electrons. The van der Waals surface area contributed by atoms with Crippen molar-refractivity contribution in [1.29, 1.82) is 0 Å². The summed E-state index contributed by atoms with van der Waals surface area (Å²) in [6.45, 7) is 2.17. The molecule has 1 rings (SSSR count). The number of nitrogens with zero attached hydrogens (tertiary/aromatic N) is 1. The molecule has 1 atom stereocenters. The Morgan fingerprint density at radius 2 is 2.21 bits per heavy atom. The van der Waals surface area contributed by atoms with Gasteiger partial charge in [-0.2, -0.15) is 13.2 Å². The first-order valence-corrected chi connectivity index (χ1v) is 4.78. The lowest BCUT2D eigenvalue weighted by molar-refractivity contribution is -0.149. The van der Waals surface area contributed by atoms with Crippen molar-refractivity contribution in [2.75, 3.05) is 6.54 Å². The smallest absolute Gasteiger partial charge is 0.392 e. The van der Waals surface area contributed by atoms with Crippen molar-refractivity contribution >= 4 is 5.90 Å². The van der Waals surface area contributed by atoms with Gasteiger partial charge in [-0.1, -0.05) is 13.3 Å². The Kier molecular flexibility index (Phi) is 3.77. The van der Waals surface area contributed by atoms with Crippen molar-refractivity contribution in [3.8, 4) is 0 Å². The second-order valence-electron chi connectivity index (χ2n) is 3.40. The van der Waals surface area contributed by atoms with E-state index in [1.165, 1.54) is 0 Å². The molecule has 0 aliphatic carbocycles. The molecule has 0 saturated heterocycles. The summed E-state index contributed by atoms with van der Waals surface area (Å²) >= 11 is 0. The molecule has 0 unspecified atom stereocenters. The third-order valence-corrected chi connectivity index (χ3v) is 1.98. The van der Waals surface area contributed by atoms with Gasteiger partial charge in [0.25, 0.3) is 0 Å². The zero-order valence-corrected chi connectivity index (χ0v) is 8.10. The second kappa shape index (κ2) is 4.66. The van der Waals surface area contributed by atoms with Gasteiger partial charge < -0.3 is 4.74 Å². The van der Waals surface area contributed by atoms with Gasteiger partial charge >= 0.3 is 6.18 Å². The lowest BCUT2D eigenvalue weighted by atomic mass is 10.2. The van der Waals surface area contributed by atoms with Crippen molar-refractivity contribution < 1.29 is 17.9 Å². The third-order valence-electron chi connectivity index (χ3n) is 1.98. The number of halogens is 3. The van der Waals surface area contributed by atoms with E-state index in [9.17, 15) is 13.2 Å². The zero-order valence-electron chi connectivity index (χ0n) is 8.10. The summed E-state index contributed by atoms with van der Waals surface area (Å²) in [7, 11) is 0. The lowest BCUT2D eigenvalue weighted by Gasteiger charge is -2.13. The maximum absolute atomic E-state index is 12.0. The van der Waals surface area contributed by atoms with Gasteiger partial charge in [-0.05, 0) is 6.42 Å². The standard InChI is InChI=1S/C9H14F3NO/c1-2-3-4-8-13-6-7(14-8)5-9(10,11)12/h7H,2-6H2,1H3/t7-/m0/s1. The van der Waals surface area contributed by atoms with Gasteiger partial charge in [0.15, 0.2) is 5.90 Å². The molecule has 5 heteroatoms. The SMILES string of the molecule is CCCCC1=NC[C@H](CC(F)(F)F)O1. The number of rotatable bonds is 4. The maximum Gasteiger partial charge on any atom is 0.392 e. The van der Waals surface area contributed by atoms with Gasteiger partial charge in [0.2, 0.25) is 0 Å². The van der Waals surface area contributed by atoms with Crippen LogP contribution < -0.4 is 0 Å². The van der Waals surface area contributed by atoms with Gasteiger partial charge in [0.1, 0.15) is 6.10 Å². The molecule has 1 aliphatic heterocycles. The number of ether oxygens (including phenoxy) is 1. The van der Waals surface area contributed by atoms with Crippen LogP contribution in [-0.2, 0) is 4.74 Å². The summed E-state index contributed by atoms with van der Waals surface area (Å²) in [6, 6.07) is 0. The van der Waals surface area contributed by atoms with Crippen molar-refractivity contribution in [2.24, 2.45) is 4.99 Å². The minimum Gasteiger partial charge on any atom is -0.475 e. The minimum absolute atomic E-state index is 0.151. The Labute approximate surface area is 81.2 Å². The first kappa shape index (κ1) is 11.3. The van der Waals surface area contributed by atoms with Crippen molar-refractivity contribution in [3.63, 3.8) is 0 Å². The third kappa shape index (κ3) is 3.98. The van der Waals surface area contributed by atoms with Crippen molar-refractivity contribution in [3.05, 3.63) is 0 Å². The van der Waals surface area contributed by atoms with Crippen LogP contribution in [0.2, 0.25) is 0 Å².